The van der Waals surface area contributed by atoms with Gasteiger partial charge in [-0.05, 0) is 38.1 Å². The molecule has 0 aliphatic heterocycles. The Kier molecular flexibility index (Phi) is 7.01. The van der Waals surface area contributed by atoms with Crippen LogP contribution in [0.25, 0.3) is 0 Å². The highest BCUT2D eigenvalue weighted by Crippen LogP contribution is 2.17. The first-order chi connectivity index (χ1) is 12.1. The van der Waals surface area contributed by atoms with Crippen LogP contribution in [0, 0.1) is 0 Å². The number of carbonyl (C=O) groups excluding carboxylic acids is 2. The van der Waals surface area contributed by atoms with E-state index in [-0.39, 0.29) is 18.8 Å². The van der Waals surface area contributed by atoms with E-state index < -0.39 is 12.1 Å². The zero-order valence-electron chi connectivity index (χ0n) is 14.4. The second-order valence-electron chi connectivity index (χ2n) is 5.37. The normalized spacial score (nSPS) is 11.4. The summed E-state index contributed by atoms with van der Waals surface area (Å²) in [6, 6.07) is 15.9. The molecule has 0 amide bonds. The first-order valence-corrected chi connectivity index (χ1v) is 8.24. The molecule has 5 heteroatoms. The van der Waals surface area contributed by atoms with E-state index in [9.17, 15) is 9.59 Å². The minimum atomic E-state index is -0.819. The Bertz CT molecular complexity index is 679. The quantitative estimate of drug-likeness (QED) is 0.514. The van der Waals surface area contributed by atoms with Crippen LogP contribution in [0.3, 0.4) is 0 Å². The molecule has 25 heavy (non-hydrogen) atoms. The lowest BCUT2D eigenvalue weighted by Crippen LogP contribution is -2.25. The summed E-state index contributed by atoms with van der Waals surface area (Å²) in [6.07, 6.45) is -0.750. The van der Waals surface area contributed by atoms with Gasteiger partial charge in [0.1, 0.15) is 11.5 Å². The van der Waals surface area contributed by atoms with Gasteiger partial charge >= 0.3 is 5.97 Å². The third-order valence-corrected chi connectivity index (χ3v) is 3.45. The molecule has 0 aromatic heterocycles. The number of benzene rings is 2. The van der Waals surface area contributed by atoms with Gasteiger partial charge in [-0.25, -0.2) is 0 Å². The molecule has 0 aliphatic rings. The predicted molar refractivity (Wildman–Crippen MR) is 94.0 cm³/mol. The van der Waals surface area contributed by atoms with Crippen LogP contribution in [0.1, 0.15) is 30.6 Å². The van der Waals surface area contributed by atoms with Crippen molar-refractivity contribution >= 4 is 11.8 Å². The number of Topliss-reactive ketones (excluding diaryl/α,β-unsaturated/α-hetero) is 1. The van der Waals surface area contributed by atoms with Gasteiger partial charge < -0.3 is 14.2 Å². The molecule has 0 N–H and O–H groups in total. The molecular formula is C20H22O5. The fourth-order valence-electron chi connectivity index (χ4n) is 2.20. The maximum Gasteiger partial charge on any atom is 0.309 e. The lowest BCUT2D eigenvalue weighted by atomic mass is 10.1. The average molecular weight is 342 g/mol. The summed E-state index contributed by atoms with van der Waals surface area (Å²) in [4.78, 5) is 24.0. The van der Waals surface area contributed by atoms with E-state index in [4.69, 9.17) is 14.2 Å². The third-order valence-electron chi connectivity index (χ3n) is 3.45. The molecular weight excluding hydrogens is 320 g/mol. The molecule has 0 spiro atoms. The van der Waals surface area contributed by atoms with E-state index in [1.54, 1.807) is 55.5 Å². The van der Waals surface area contributed by atoms with Crippen LogP contribution in [0.4, 0.5) is 0 Å². The molecule has 132 valence electrons. The minimum absolute atomic E-state index is 0.0691. The van der Waals surface area contributed by atoms with E-state index in [0.29, 0.717) is 17.9 Å². The molecule has 2 rings (SSSR count). The fraction of sp³-hybridized carbons (Fsp3) is 0.300. The molecule has 1 unspecified atom stereocenters. The van der Waals surface area contributed by atoms with Gasteiger partial charge in [-0.3, -0.25) is 9.59 Å². The van der Waals surface area contributed by atoms with E-state index in [1.807, 2.05) is 13.0 Å². The van der Waals surface area contributed by atoms with E-state index in [2.05, 4.69) is 0 Å². The highest BCUT2D eigenvalue weighted by atomic mass is 16.5. The molecule has 2 aromatic rings. The molecule has 0 aliphatic carbocycles. The first kappa shape index (κ1) is 18.5. The van der Waals surface area contributed by atoms with Crippen molar-refractivity contribution in [2.45, 2.75) is 26.4 Å². The monoisotopic (exact) mass is 342 g/mol. The van der Waals surface area contributed by atoms with Gasteiger partial charge in [0.15, 0.2) is 6.10 Å². The topological polar surface area (TPSA) is 61.8 Å². The standard InChI is InChI=1S/C20H22O5/c1-3-23-17-9-11-18(12-10-17)24-14-13-19(21)25-15(2)20(22)16-7-5-4-6-8-16/h4-12,15H,3,13-14H2,1-2H3. The van der Waals surface area contributed by atoms with Gasteiger partial charge in [-0.15, -0.1) is 0 Å². The van der Waals surface area contributed by atoms with Gasteiger partial charge in [0.05, 0.1) is 19.6 Å². The van der Waals surface area contributed by atoms with Gasteiger partial charge in [0.25, 0.3) is 0 Å². The smallest absolute Gasteiger partial charge is 0.309 e. The summed E-state index contributed by atoms with van der Waals surface area (Å²) >= 11 is 0. The molecule has 2 aromatic carbocycles. The minimum Gasteiger partial charge on any atom is -0.494 e. The number of ether oxygens (including phenoxy) is 3. The zero-order valence-corrected chi connectivity index (χ0v) is 14.4. The number of hydrogen-bond acceptors (Lipinski definition) is 5. The maximum atomic E-state index is 12.1. The van der Waals surface area contributed by atoms with Crippen molar-refractivity contribution < 1.29 is 23.8 Å². The summed E-state index contributed by atoms with van der Waals surface area (Å²) < 4.78 is 16.0. The Morgan fingerprint density at radius 1 is 0.920 bits per heavy atom. The molecule has 0 bridgehead atoms. The summed E-state index contributed by atoms with van der Waals surface area (Å²) in [5, 5.41) is 0. The highest BCUT2D eigenvalue weighted by molar-refractivity contribution is 6.00. The molecule has 0 heterocycles. The Labute approximate surface area is 147 Å². The Balaban J connectivity index is 1.74. The van der Waals surface area contributed by atoms with Gasteiger partial charge in [0, 0.05) is 5.56 Å². The molecule has 0 radical (unpaired) electrons. The predicted octanol–water partition coefficient (Wildman–Crippen LogP) is 3.67. The second kappa shape index (κ2) is 9.47. The SMILES string of the molecule is CCOc1ccc(OCCC(=O)OC(C)C(=O)c2ccccc2)cc1. The van der Waals surface area contributed by atoms with Crippen molar-refractivity contribution in [3.8, 4) is 11.5 Å². The lowest BCUT2D eigenvalue weighted by molar-refractivity contribution is -0.146. The number of ketones is 1. The van der Waals surface area contributed by atoms with Crippen LogP contribution in [0.15, 0.2) is 54.6 Å². The van der Waals surface area contributed by atoms with Gasteiger partial charge in [0.2, 0.25) is 5.78 Å². The number of carbonyl (C=O) groups is 2. The van der Waals surface area contributed by atoms with E-state index in [0.717, 1.165) is 5.75 Å². The Morgan fingerprint density at radius 3 is 2.12 bits per heavy atom. The maximum absolute atomic E-state index is 12.1. The van der Waals surface area contributed by atoms with Crippen molar-refractivity contribution in [2.24, 2.45) is 0 Å². The van der Waals surface area contributed by atoms with Crippen molar-refractivity contribution in [3.05, 3.63) is 60.2 Å². The molecule has 1 atom stereocenters. The van der Waals surface area contributed by atoms with Gasteiger partial charge in [-0.1, -0.05) is 30.3 Å². The van der Waals surface area contributed by atoms with Crippen LogP contribution < -0.4 is 9.47 Å². The first-order valence-electron chi connectivity index (χ1n) is 8.24. The summed E-state index contributed by atoms with van der Waals surface area (Å²) in [7, 11) is 0. The molecule has 0 saturated heterocycles. The Hall–Kier alpha value is -2.82. The number of rotatable bonds is 9. The van der Waals surface area contributed by atoms with Gasteiger partial charge in [-0.2, -0.15) is 0 Å². The second-order valence-corrected chi connectivity index (χ2v) is 5.37. The van der Waals surface area contributed by atoms with Crippen LogP contribution >= 0.6 is 0 Å². The van der Waals surface area contributed by atoms with Crippen molar-refractivity contribution in [2.75, 3.05) is 13.2 Å². The van der Waals surface area contributed by atoms with Crippen LogP contribution in [0.2, 0.25) is 0 Å². The fourth-order valence-corrected chi connectivity index (χ4v) is 2.20. The van der Waals surface area contributed by atoms with Crippen LogP contribution in [0.5, 0.6) is 11.5 Å². The van der Waals surface area contributed by atoms with Crippen molar-refractivity contribution in [1.29, 1.82) is 0 Å². The van der Waals surface area contributed by atoms with Crippen LogP contribution in [-0.2, 0) is 9.53 Å². The zero-order chi connectivity index (χ0) is 18.1. The number of hydrogen-bond donors (Lipinski definition) is 0. The summed E-state index contributed by atoms with van der Waals surface area (Å²) in [6.45, 7) is 4.27. The summed E-state index contributed by atoms with van der Waals surface area (Å²) in [5.74, 6) is 0.719. The van der Waals surface area contributed by atoms with Crippen LogP contribution in [-0.4, -0.2) is 31.1 Å². The van der Waals surface area contributed by atoms with E-state index in [1.165, 1.54) is 0 Å². The molecule has 5 nitrogen and oxygen atoms in total. The van der Waals surface area contributed by atoms with E-state index >= 15 is 0 Å². The number of esters is 1. The molecule has 0 saturated carbocycles. The summed E-state index contributed by atoms with van der Waals surface area (Å²) in [5.41, 5.74) is 0.522. The largest absolute Gasteiger partial charge is 0.494 e. The third kappa shape index (κ3) is 5.95. The Morgan fingerprint density at radius 2 is 1.52 bits per heavy atom. The van der Waals surface area contributed by atoms with Crippen molar-refractivity contribution in [3.63, 3.8) is 0 Å². The van der Waals surface area contributed by atoms with Crippen molar-refractivity contribution in [1.82, 2.24) is 0 Å². The highest BCUT2D eigenvalue weighted by Gasteiger charge is 2.19. The average Bonchev–Trinajstić information content (AvgIpc) is 2.63. The molecule has 0 fully saturated rings. The lowest BCUT2D eigenvalue weighted by Gasteiger charge is -2.13.